The summed E-state index contributed by atoms with van der Waals surface area (Å²) >= 11 is 3.11. The first-order valence-corrected chi connectivity index (χ1v) is 12.1. The normalized spacial score (nSPS) is 14.4. The zero-order chi connectivity index (χ0) is 22.5. The van der Waals surface area contributed by atoms with E-state index in [4.69, 9.17) is 9.97 Å². The quantitative estimate of drug-likeness (QED) is 0.391. The third-order valence-corrected chi connectivity index (χ3v) is 6.82. The molecule has 3 aromatic rings. The minimum absolute atomic E-state index is 0.0155. The molecule has 1 aromatic carbocycles. The maximum absolute atomic E-state index is 11.6. The smallest absolute Gasteiger partial charge is 0.196 e. The molecule has 0 saturated carbocycles. The standard InChI is InChI=1S/C23H26N6OS2/c1-4-18(30)13-17-5-7-19(8-6-17)32-23-26-20(25-22-24-15-16(2)31-22)14-21(27-23)29-11-9-28(3)10-12-29/h4-8,14-15H,1,9-13H2,2-3H3,(H,24,25,26,27). The summed E-state index contributed by atoms with van der Waals surface area (Å²) in [5.74, 6) is 1.67. The average molecular weight is 467 g/mol. The number of aromatic nitrogens is 3. The van der Waals surface area contributed by atoms with Crippen LogP contribution in [0.15, 0.2) is 59.2 Å². The summed E-state index contributed by atoms with van der Waals surface area (Å²) in [6.07, 6.45) is 3.58. The number of nitrogens with zero attached hydrogens (tertiary/aromatic N) is 5. The second kappa shape index (κ2) is 10.2. The topological polar surface area (TPSA) is 74.2 Å². The van der Waals surface area contributed by atoms with Crippen molar-refractivity contribution >= 4 is 45.6 Å². The van der Waals surface area contributed by atoms with Crippen molar-refractivity contribution in [3.05, 3.63) is 59.6 Å². The lowest BCUT2D eigenvalue weighted by Gasteiger charge is -2.33. The van der Waals surface area contributed by atoms with Crippen LogP contribution in [0.5, 0.6) is 0 Å². The molecule has 1 aliphatic heterocycles. The molecule has 1 N–H and O–H groups in total. The SMILES string of the molecule is C=CC(=O)Cc1ccc(Sc2nc(Nc3ncc(C)s3)cc(N3CCN(C)CC3)n2)cc1. The average Bonchev–Trinajstić information content (AvgIpc) is 3.19. The van der Waals surface area contributed by atoms with E-state index in [9.17, 15) is 4.79 Å². The molecule has 1 fully saturated rings. The molecule has 7 nitrogen and oxygen atoms in total. The van der Waals surface area contributed by atoms with Crippen LogP contribution in [0.3, 0.4) is 0 Å². The molecule has 0 bridgehead atoms. The Balaban J connectivity index is 1.56. The second-order valence-corrected chi connectivity index (χ2v) is 9.95. The third kappa shape index (κ3) is 5.93. The number of hydrogen-bond acceptors (Lipinski definition) is 9. The van der Waals surface area contributed by atoms with Crippen molar-refractivity contribution in [1.82, 2.24) is 19.9 Å². The van der Waals surface area contributed by atoms with E-state index >= 15 is 0 Å². The molecule has 1 aliphatic rings. The van der Waals surface area contributed by atoms with Gasteiger partial charge in [0.2, 0.25) is 0 Å². The Labute approximate surface area is 196 Å². The fraction of sp³-hybridized carbons (Fsp3) is 0.304. The van der Waals surface area contributed by atoms with Gasteiger partial charge in [0.1, 0.15) is 11.6 Å². The Kier molecular flexibility index (Phi) is 7.19. The van der Waals surface area contributed by atoms with Gasteiger partial charge >= 0.3 is 0 Å². The lowest BCUT2D eigenvalue weighted by atomic mass is 10.1. The highest BCUT2D eigenvalue weighted by Crippen LogP contribution is 2.30. The van der Waals surface area contributed by atoms with Gasteiger partial charge in [-0.1, -0.05) is 18.7 Å². The van der Waals surface area contributed by atoms with Crippen molar-refractivity contribution in [1.29, 1.82) is 0 Å². The van der Waals surface area contributed by atoms with Crippen molar-refractivity contribution in [3.8, 4) is 0 Å². The van der Waals surface area contributed by atoms with E-state index in [1.165, 1.54) is 17.8 Å². The molecule has 4 rings (SSSR count). The van der Waals surface area contributed by atoms with Gasteiger partial charge in [0.05, 0.1) is 0 Å². The number of likely N-dealkylation sites (N-methyl/N-ethyl adjacent to an activating group) is 1. The lowest BCUT2D eigenvalue weighted by Crippen LogP contribution is -2.44. The van der Waals surface area contributed by atoms with Crippen molar-refractivity contribution in [2.45, 2.75) is 23.4 Å². The summed E-state index contributed by atoms with van der Waals surface area (Å²) in [4.78, 5) is 32.4. The molecule has 0 spiro atoms. The monoisotopic (exact) mass is 466 g/mol. The molecule has 0 amide bonds. The molecule has 1 saturated heterocycles. The van der Waals surface area contributed by atoms with Crippen molar-refractivity contribution in [2.24, 2.45) is 0 Å². The van der Waals surface area contributed by atoms with Crippen LogP contribution in [-0.4, -0.2) is 58.9 Å². The van der Waals surface area contributed by atoms with Gasteiger partial charge in [-0.25, -0.2) is 15.0 Å². The number of nitrogens with one attached hydrogen (secondary N) is 1. The molecule has 0 aliphatic carbocycles. The first-order valence-electron chi connectivity index (χ1n) is 10.4. The van der Waals surface area contributed by atoms with Gasteiger partial charge in [0.15, 0.2) is 16.1 Å². The van der Waals surface area contributed by atoms with E-state index in [1.807, 2.05) is 43.5 Å². The highest BCUT2D eigenvalue weighted by Gasteiger charge is 2.18. The lowest BCUT2D eigenvalue weighted by molar-refractivity contribution is -0.114. The summed E-state index contributed by atoms with van der Waals surface area (Å²) < 4.78 is 0. The van der Waals surface area contributed by atoms with E-state index in [-0.39, 0.29) is 5.78 Å². The van der Waals surface area contributed by atoms with Crippen LogP contribution in [0.1, 0.15) is 10.4 Å². The number of ketones is 1. The number of thiazole rings is 1. The van der Waals surface area contributed by atoms with Crippen LogP contribution >= 0.6 is 23.1 Å². The van der Waals surface area contributed by atoms with Crippen molar-refractivity contribution < 1.29 is 4.79 Å². The zero-order valence-electron chi connectivity index (χ0n) is 18.2. The van der Waals surface area contributed by atoms with Crippen molar-refractivity contribution in [3.63, 3.8) is 0 Å². The fourth-order valence-corrected chi connectivity index (χ4v) is 4.73. The minimum Gasteiger partial charge on any atom is -0.354 e. The summed E-state index contributed by atoms with van der Waals surface area (Å²) in [5, 5.41) is 4.83. The summed E-state index contributed by atoms with van der Waals surface area (Å²) in [5.41, 5.74) is 0.966. The number of benzene rings is 1. The van der Waals surface area contributed by atoms with E-state index < -0.39 is 0 Å². The first kappa shape index (κ1) is 22.4. The number of rotatable bonds is 8. The molecular formula is C23H26N6OS2. The van der Waals surface area contributed by atoms with Gasteiger partial charge in [-0.15, -0.1) is 11.3 Å². The Morgan fingerprint density at radius 1 is 1.22 bits per heavy atom. The highest BCUT2D eigenvalue weighted by molar-refractivity contribution is 7.99. The number of carbonyl (C=O) groups is 1. The van der Waals surface area contributed by atoms with Crippen LogP contribution in [0.25, 0.3) is 0 Å². The van der Waals surface area contributed by atoms with E-state index in [1.54, 1.807) is 11.3 Å². The van der Waals surface area contributed by atoms with Crippen LogP contribution in [0.4, 0.5) is 16.8 Å². The maximum Gasteiger partial charge on any atom is 0.196 e. The van der Waals surface area contributed by atoms with E-state index in [0.717, 1.165) is 58.3 Å². The molecule has 9 heteroatoms. The van der Waals surface area contributed by atoms with Gasteiger partial charge in [-0.3, -0.25) is 4.79 Å². The Morgan fingerprint density at radius 2 is 1.97 bits per heavy atom. The van der Waals surface area contributed by atoms with Crippen LogP contribution < -0.4 is 10.2 Å². The molecule has 0 radical (unpaired) electrons. The predicted octanol–water partition coefficient (Wildman–Crippen LogP) is 4.19. The van der Waals surface area contributed by atoms with Gasteiger partial charge in [-0.05, 0) is 49.5 Å². The minimum atomic E-state index is 0.0155. The third-order valence-electron chi connectivity index (χ3n) is 5.11. The van der Waals surface area contributed by atoms with E-state index in [2.05, 4.69) is 33.7 Å². The number of allylic oxidation sites excluding steroid dienone is 1. The number of anilines is 3. The van der Waals surface area contributed by atoms with Crippen molar-refractivity contribution in [2.75, 3.05) is 43.4 Å². The Hall–Kier alpha value is -2.75. The number of aryl methyl sites for hydroxylation is 1. The van der Waals surface area contributed by atoms with Gasteiger partial charge in [0.25, 0.3) is 0 Å². The predicted molar refractivity (Wildman–Crippen MR) is 131 cm³/mol. The number of hydrogen-bond donors (Lipinski definition) is 1. The Morgan fingerprint density at radius 3 is 2.62 bits per heavy atom. The molecule has 0 atom stereocenters. The maximum atomic E-state index is 11.6. The summed E-state index contributed by atoms with van der Waals surface area (Å²) in [6.45, 7) is 9.44. The zero-order valence-corrected chi connectivity index (χ0v) is 19.9. The van der Waals surface area contributed by atoms with Crippen LogP contribution in [0, 0.1) is 6.92 Å². The van der Waals surface area contributed by atoms with Gasteiger partial charge in [0, 0.05) is 54.6 Å². The number of carbonyl (C=O) groups excluding carboxylic acids is 1. The molecule has 2 aromatic heterocycles. The summed E-state index contributed by atoms with van der Waals surface area (Å²) in [7, 11) is 2.14. The molecule has 3 heterocycles. The second-order valence-electron chi connectivity index (χ2n) is 7.68. The highest BCUT2D eigenvalue weighted by atomic mass is 32.2. The molecule has 32 heavy (non-hydrogen) atoms. The van der Waals surface area contributed by atoms with Gasteiger partial charge < -0.3 is 15.1 Å². The van der Waals surface area contributed by atoms with Crippen LogP contribution in [0.2, 0.25) is 0 Å². The molecule has 0 unspecified atom stereocenters. The van der Waals surface area contributed by atoms with Crippen LogP contribution in [-0.2, 0) is 11.2 Å². The molecular weight excluding hydrogens is 440 g/mol. The fourth-order valence-electron chi connectivity index (χ4n) is 3.30. The summed E-state index contributed by atoms with van der Waals surface area (Å²) in [6, 6.07) is 9.92. The Bertz CT molecular complexity index is 1090. The van der Waals surface area contributed by atoms with E-state index in [0.29, 0.717) is 11.6 Å². The molecule has 166 valence electrons. The number of piperazine rings is 1. The largest absolute Gasteiger partial charge is 0.354 e. The van der Waals surface area contributed by atoms with Gasteiger partial charge in [-0.2, -0.15) is 0 Å². The first-order chi connectivity index (χ1) is 15.5.